The molecule has 0 unspecified atom stereocenters. The zero-order valence-electron chi connectivity index (χ0n) is 11.5. The van der Waals surface area contributed by atoms with Crippen LogP contribution in [0.3, 0.4) is 0 Å². The molecule has 19 heavy (non-hydrogen) atoms. The molecule has 1 aromatic rings. The number of carbonyl (C=O) groups is 1. The molecule has 2 rings (SSSR count). The summed E-state index contributed by atoms with van der Waals surface area (Å²) in [6.45, 7) is 4.13. The normalized spacial score (nSPS) is 14.2. The first kappa shape index (κ1) is 13.6. The smallest absolute Gasteiger partial charge is 0.223 e. The van der Waals surface area contributed by atoms with Crippen molar-refractivity contribution >= 4 is 5.91 Å². The molecule has 5 heteroatoms. The summed E-state index contributed by atoms with van der Waals surface area (Å²) >= 11 is 0. The van der Waals surface area contributed by atoms with Crippen LogP contribution in [-0.4, -0.2) is 23.6 Å². The lowest BCUT2D eigenvalue weighted by Crippen LogP contribution is -2.32. The highest BCUT2D eigenvalue weighted by molar-refractivity contribution is 5.80. The molecule has 0 saturated heterocycles. The molecule has 1 saturated carbocycles. The standard InChI is InChI=1S/C14H20N4O/c1-10-12(7-13(8-15)18(10)2)9-16-5-6-17-14(19)11-3-4-11/h7,11,16H,3-6,9H2,1-2H3,(H,17,19). The van der Waals surface area contributed by atoms with E-state index in [0.29, 0.717) is 12.2 Å². The molecule has 1 aliphatic rings. The van der Waals surface area contributed by atoms with Crippen LogP contribution in [0.1, 0.15) is 29.8 Å². The number of hydrogen-bond acceptors (Lipinski definition) is 3. The Morgan fingerprint density at radius 1 is 1.53 bits per heavy atom. The molecular weight excluding hydrogens is 240 g/mol. The first-order chi connectivity index (χ1) is 9.13. The fourth-order valence-corrected chi connectivity index (χ4v) is 2.04. The predicted molar refractivity (Wildman–Crippen MR) is 72.3 cm³/mol. The van der Waals surface area contributed by atoms with Crippen molar-refractivity contribution in [2.24, 2.45) is 13.0 Å². The predicted octanol–water partition coefficient (Wildman–Crippen LogP) is 0.821. The van der Waals surface area contributed by atoms with Crippen LogP contribution in [0.4, 0.5) is 0 Å². The van der Waals surface area contributed by atoms with Crippen molar-refractivity contribution in [3.05, 3.63) is 23.0 Å². The van der Waals surface area contributed by atoms with Gasteiger partial charge in [0.2, 0.25) is 5.91 Å². The van der Waals surface area contributed by atoms with Crippen LogP contribution >= 0.6 is 0 Å². The summed E-state index contributed by atoms with van der Waals surface area (Å²) in [7, 11) is 1.90. The molecule has 1 fully saturated rings. The molecule has 5 nitrogen and oxygen atoms in total. The lowest BCUT2D eigenvalue weighted by molar-refractivity contribution is -0.122. The molecule has 0 aliphatic heterocycles. The zero-order chi connectivity index (χ0) is 13.8. The Hall–Kier alpha value is -1.80. The first-order valence-electron chi connectivity index (χ1n) is 6.67. The van der Waals surface area contributed by atoms with Crippen molar-refractivity contribution in [1.82, 2.24) is 15.2 Å². The van der Waals surface area contributed by atoms with E-state index < -0.39 is 0 Å². The van der Waals surface area contributed by atoms with Crippen LogP contribution in [0.5, 0.6) is 0 Å². The molecule has 102 valence electrons. The SMILES string of the molecule is Cc1c(CNCCNC(=O)C2CC2)cc(C#N)n1C. The summed E-state index contributed by atoms with van der Waals surface area (Å²) in [5.74, 6) is 0.457. The lowest BCUT2D eigenvalue weighted by atomic mass is 10.2. The number of nitrogens with zero attached hydrogens (tertiary/aromatic N) is 2. The van der Waals surface area contributed by atoms with Crippen molar-refractivity contribution in [1.29, 1.82) is 5.26 Å². The molecule has 1 aliphatic carbocycles. The molecule has 0 spiro atoms. The quantitative estimate of drug-likeness (QED) is 0.744. The van der Waals surface area contributed by atoms with Gasteiger partial charge in [-0.1, -0.05) is 0 Å². The number of rotatable bonds is 6. The van der Waals surface area contributed by atoms with E-state index in [9.17, 15) is 4.79 Å². The van der Waals surface area contributed by atoms with Crippen LogP contribution < -0.4 is 10.6 Å². The van der Waals surface area contributed by atoms with Crippen molar-refractivity contribution < 1.29 is 4.79 Å². The number of carbonyl (C=O) groups excluding carboxylic acids is 1. The monoisotopic (exact) mass is 260 g/mol. The van der Waals surface area contributed by atoms with E-state index >= 15 is 0 Å². The van der Waals surface area contributed by atoms with Gasteiger partial charge in [-0.25, -0.2) is 0 Å². The van der Waals surface area contributed by atoms with Gasteiger partial charge in [-0.15, -0.1) is 0 Å². The largest absolute Gasteiger partial charge is 0.355 e. The molecule has 0 radical (unpaired) electrons. The number of nitriles is 1. The van der Waals surface area contributed by atoms with E-state index in [-0.39, 0.29) is 11.8 Å². The Balaban J connectivity index is 1.70. The highest BCUT2D eigenvalue weighted by Gasteiger charge is 2.28. The molecule has 0 bridgehead atoms. The Morgan fingerprint density at radius 3 is 2.84 bits per heavy atom. The van der Waals surface area contributed by atoms with Crippen molar-refractivity contribution in [2.75, 3.05) is 13.1 Å². The lowest BCUT2D eigenvalue weighted by Gasteiger charge is -2.06. The average molecular weight is 260 g/mol. The number of aromatic nitrogens is 1. The fourth-order valence-electron chi connectivity index (χ4n) is 2.04. The van der Waals surface area contributed by atoms with Crippen molar-refractivity contribution in [2.45, 2.75) is 26.3 Å². The minimum absolute atomic E-state index is 0.185. The zero-order valence-corrected chi connectivity index (χ0v) is 11.5. The average Bonchev–Trinajstić information content (AvgIpc) is 3.21. The van der Waals surface area contributed by atoms with E-state index in [1.165, 1.54) is 0 Å². The number of amides is 1. The third-order valence-corrected chi connectivity index (χ3v) is 3.62. The maximum atomic E-state index is 11.4. The van der Waals surface area contributed by atoms with Crippen LogP contribution in [0.2, 0.25) is 0 Å². The molecule has 2 N–H and O–H groups in total. The Morgan fingerprint density at radius 2 is 2.26 bits per heavy atom. The Bertz CT molecular complexity index is 508. The molecule has 1 amide bonds. The molecule has 0 aromatic carbocycles. The van der Waals surface area contributed by atoms with E-state index in [1.807, 2.05) is 24.6 Å². The van der Waals surface area contributed by atoms with Crippen molar-refractivity contribution in [3.63, 3.8) is 0 Å². The highest BCUT2D eigenvalue weighted by atomic mass is 16.2. The second kappa shape index (κ2) is 5.89. The maximum Gasteiger partial charge on any atom is 0.223 e. The number of hydrogen-bond donors (Lipinski definition) is 2. The van der Waals surface area contributed by atoms with Gasteiger partial charge in [-0.05, 0) is 31.4 Å². The van der Waals surface area contributed by atoms with Gasteiger partial charge in [-0.3, -0.25) is 4.79 Å². The minimum Gasteiger partial charge on any atom is -0.355 e. The third kappa shape index (κ3) is 3.36. The molecular formula is C14H20N4O. The Labute approximate surface area is 113 Å². The molecule has 0 atom stereocenters. The third-order valence-electron chi connectivity index (χ3n) is 3.62. The van der Waals surface area contributed by atoms with E-state index in [0.717, 1.165) is 37.2 Å². The van der Waals surface area contributed by atoms with Gasteiger partial charge in [0.15, 0.2) is 0 Å². The van der Waals surface area contributed by atoms with Gasteiger partial charge in [-0.2, -0.15) is 5.26 Å². The summed E-state index contributed by atoms with van der Waals surface area (Å²) in [6, 6.07) is 4.08. The summed E-state index contributed by atoms with van der Waals surface area (Å²) < 4.78 is 1.89. The van der Waals surface area contributed by atoms with Gasteiger partial charge in [0.1, 0.15) is 11.8 Å². The van der Waals surface area contributed by atoms with Crippen LogP contribution in [0.15, 0.2) is 6.07 Å². The summed E-state index contributed by atoms with van der Waals surface area (Å²) in [4.78, 5) is 11.4. The van der Waals surface area contributed by atoms with Gasteiger partial charge in [0, 0.05) is 38.3 Å². The van der Waals surface area contributed by atoms with Crippen LogP contribution in [0, 0.1) is 24.2 Å². The van der Waals surface area contributed by atoms with E-state index in [4.69, 9.17) is 5.26 Å². The van der Waals surface area contributed by atoms with Crippen molar-refractivity contribution in [3.8, 4) is 6.07 Å². The second-order valence-corrected chi connectivity index (χ2v) is 5.05. The highest BCUT2D eigenvalue weighted by Crippen LogP contribution is 2.28. The number of nitrogens with one attached hydrogen (secondary N) is 2. The van der Waals surface area contributed by atoms with Crippen LogP contribution in [0.25, 0.3) is 0 Å². The Kier molecular flexibility index (Phi) is 4.23. The minimum atomic E-state index is 0.185. The van der Waals surface area contributed by atoms with Gasteiger partial charge in [0.25, 0.3) is 0 Å². The molecule has 1 aromatic heterocycles. The van der Waals surface area contributed by atoms with E-state index in [1.54, 1.807) is 0 Å². The first-order valence-corrected chi connectivity index (χ1v) is 6.67. The van der Waals surface area contributed by atoms with Crippen LogP contribution in [-0.2, 0) is 18.4 Å². The van der Waals surface area contributed by atoms with E-state index in [2.05, 4.69) is 16.7 Å². The second-order valence-electron chi connectivity index (χ2n) is 5.05. The van der Waals surface area contributed by atoms with Gasteiger partial charge < -0.3 is 15.2 Å². The topological polar surface area (TPSA) is 69.8 Å². The van der Waals surface area contributed by atoms with Gasteiger partial charge in [0.05, 0.1) is 0 Å². The van der Waals surface area contributed by atoms with Gasteiger partial charge >= 0.3 is 0 Å². The summed E-state index contributed by atoms with van der Waals surface area (Å²) in [5.41, 5.74) is 2.91. The molecule has 1 heterocycles. The summed E-state index contributed by atoms with van der Waals surface area (Å²) in [6.07, 6.45) is 2.08. The summed E-state index contributed by atoms with van der Waals surface area (Å²) in [5, 5.41) is 15.1. The maximum absolute atomic E-state index is 11.4. The fraction of sp³-hybridized carbons (Fsp3) is 0.571.